The van der Waals surface area contributed by atoms with Gasteiger partial charge in [0.15, 0.2) is 0 Å². The number of anilines is 1. The largest absolute Gasteiger partial charge is 0.382 e. The number of pyridine rings is 1. The van der Waals surface area contributed by atoms with E-state index in [1.165, 1.54) is 25.5 Å². The van der Waals surface area contributed by atoms with Crippen LogP contribution in [-0.4, -0.2) is 16.9 Å². The summed E-state index contributed by atoms with van der Waals surface area (Å²) >= 11 is 5.83. The fourth-order valence-corrected chi connectivity index (χ4v) is 2.09. The Bertz CT molecular complexity index is 432. The molecule has 1 aromatic rings. The molecule has 1 unspecified atom stereocenters. The van der Waals surface area contributed by atoms with Crippen molar-refractivity contribution in [2.24, 2.45) is 5.92 Å². The molecule has 4 nitrogen and oxygen atoms in total. The predicted octanol–water partition coefficient (Wildman–Crippen LogP) is 2.24. The molecular weight excluding hydrogens is 238 g/mol. The summed E-state index contributed by atoms with van der Waals surface area (Å²) in [6.45, 7) is 2.04. The molecule has 5 heteroatoms. The van der Waals surface area contributed by atoms with E-state index < -0.39 is 0 Å². The summed E-state index contributed by atoms with van der Waals surface area (Å²) in [5.74, 6) is 0.713. The molecule has 0 spiro atoms. The van der Waals surface area contributed by atoms with Gasteiger partial charge in [-0.05, 0) is 31.7 Å². The SMILES string of the molecule is CC(NC(=O)c1cnc(N)c(Cl)c1)C1CCC1. The van der Waals surface area contributed by atoms with Crippen molar-refractivity contribution in [1.29, 1.82) is 0 Å². The van der Waals surface area contributed by atoms with Gasteiger partial charge in [0, 0.05) is 12.2 Å². The van der Waals surface area contributed by atoms with Gasteiger partial charge in [0.2, 0.25) is 0 Å². The molecule has 0 aliphatic heterocycles. The number of nitrogens with one attached hydrogen (secondary N) is 1. The monoisotopic (exact) mass is 253 g/mol. The minimum atomic E-state index is -0.140. The lowest BCUT2D eigenvalue weighted by molar-refractivity contribution is 0.0909. The number of nitrogen functional groups attached to an aromatic ring is 1. The van der Waals surface area contributed by atoms with Crippen LogP contribution in [0.2, 0.25) is 5.02 Å². The number of halogens is 1. The maximum Gasteiger partial charge on any atom is 0.253 e. The van der Waals surface area contributed by atoms with E-state index in [9.17, 15) is 4.79 Å². The van der Waals surface area contributed by atoms with Crippen molar-refractivity contribution in [2.75, 3.05) is 5.73 Å². The standard InChI is InChI=1S/C12H16ClN3O/c1-7(8-3-2-4-8)16-12(17)9-5-10(13)11(14)15-6-9/h5-8H,2-4H2,1H3,(H2,14,15)(H,16,17). The molecule has 1 atom stereocenters. The molecule has 1 aliphatic rings. The highest BCUT2D eigenvalue weighted by Crippen LogP contribution is 2.29. The summed E-state index contributed by atoms with van der Waals surface area (Å²) in [6.07, 6.45) is 5.11. The van der Waals surface area contributed by atoms with Gasteiger partial charge in [0.25, 0.3) is 5.91 Å². The Morgan fingerprint density at radius 2 is 2.35 bits per heavy atom. The van der Waals surface area contributed by atoms with E-state index in [4.69, 9.17) is 17.3 Å². The van der Waals surface area contributed by atoms with E-state index >= 15 is 0 Å². The Hall–Kier alpha value is -1.29. The first-order valence-electron chi connectivity index (χ1n) is 5.80. The van der Waals surface area contributed by atoms with Crippen molar-refractivity contribution >= 4 is 23.3 Å². The van der Waals surface area contributed by atoms with E-state index in [-0.39, 0.29) is 17.8 Å². The molecule has 17 heavy (non-hydrogen) atoms. The molecule has 1 amide bonds. The van der Waals surface area contributed by atoms with Crippen molar-refractivity contribution in [3.8, 4) is 0 Å². The summed E-state index contributed by atoms with van der Waals surface area (Å²) < 4.78 is 0. The first-order chi connectivity index (χ1) is 8.08. The molecule has 0 aromatic carbocycles. The second-order valence-electron chi connectivity index (χ2n) is 4.54. The maximum atomic E-state index is 11.9. The minimum absolute atomic E-state index is 0.140. The van der Waals surface area contributed by atoms with E-state index in [0.29, 0.717) is 16.5 Å². The lowest BCUT2D eigenvalue weighted by Crippen LogP contribution is -2.40. The van der Waals surface area contributed by atoms with Crippen LogP contribution >= 0.6 is 11.6 Å². The number of carbonyl (C=O) groups excluding carboxylic acids is 1. The van der Waals surface area contributed by atoms with E-state index in [1.807, 2.05) is 6.92 Å². The van der Waals surface area contributed by atoms with E-state index in [1.54, 1.807) is 6.07 Å². The van der Waals surface area contributed by atoms with Crippen LogP contribution in [0, 0.1) is 5.92 Å². The number of rotatable bonds is 3. The molecule has 92 valence electrons. The summed E-state index contributed by atoms with van der Waals surface area (Å²) in [5.41, 5.74) is 5.95. The minimum Gasteiger partial charge on any atom is -0.382 e. The molecule has 2 rings (SSSR count). The second-order valence-corrected chi connectivity index (χ2v) is 4.95. The Kier molecular flexibility index (Phi) is 3.52. The molecule has 1 aliphatic carbocycles. The zero-order valence-corrected chi connectivity index (χ0v) is 10.5. The topological polar surface area (TPSA) is 68.0 Å². The molecule has 0 radical (unpaired) electrons. The number of aromatic nitrogens is 1. The van der Waals surface area contributed by atoms with Gasteiger partial charge in [0.05, 0.1) is 10.6 Å². The van der Waals surface area contributed by atoms with E-state index in [2.05, 4.69) is 10.3 Å². The Morgan fingerprint density at radius 3 is 2.88 bits per heavy atom. The normalized spacial score (nSPS) is 17.3. The van der Waals surface area contributed by atoms with Gasteiger partial charge < -0.3 is 11.1 Å². The summed E-state index contributed by atoms with van der Waals surface area (Å²) in [5, 5.41) is 3.28. The molecule has 1 heterocycles. The predicted molar refractivity (Wildman–Crippen MR) is 67.9 cm³/mol. The highest BCUT2D eigenvalue weighted by atomic mass is 35.5. The Labute approximate surface area is 106 Å². The van der Waals surface area contributed by atoms with Gasteiger partial charge in [-0.15, -0.1) is 0 Å². The van der Waals surface area contributed by atoms with Gasteiger partial charge in [-0.1, -0.05) is 18.0 Å². The summed E-state index contributed by atoms with van der Waals surface area (Å²) in [4.78, 5) is 15.8. The number of hydrogen-bond acceptors (Lipinski definition) is 3. The van der Waals surface area contributed by atoms with Crippen molar-refractivity contribution in [3.05, 3.63) is 22.8 Å². The zero-order chi connectivity index (χ0) is 12.4. The number of nitrogens with two attached hydrogens (primary N) is 1. The first kappa shape index (κ1) is 12.2. The van der Waals surface area contributed by atoms with Crippen LogP contribution in [0.4, 0.5) is 5.82 Å². The molecule has 0 saturated heterocycles. The average Bonchev–Trinajstić information content (AvgIpc) is 2.19. The van der Waals surface area contributed by atoms with Gasteiger partial charge in [-0.3, -0.25) is 4.79 Å². The fraction of sp³-hybridized carbons (Fsp3) is 0.500. The van der Waals surface area contributed by atoms with Crippen LogP contribution in [0.3, 0.4) is 0 Å². The highest BCUT2D eigenvalue weighted by molar-refractivity contribution is 6.33. The van der Waals surface area contributed by atoms with Gasteiger partial charge in [-0.25, -0.2) is 4.98 Å². The third kappa shape index (κ3) is 2.69. The van der Waals surface area contributed by atoms with Crippen molar-refractivity contribution in [1.82, 2.24) is 10.3 Å². The highest BCUT2D eigenvalue weighted by Gasteiger charge is 2.25. The van der Waals surface area contributed by atoms with Crippen LogP contribution in [-0.2, 0) is 0 Å². The Balaban J connectivity index is 2.01. The zero-order valence-electron chi connectivity index (χ0n) is 9.74. The van der Waals surface area contributed by atoms with Crippen molar-refractivity contribution in [2.45, 2.75) is 32.2 Å². The average molecular weight is 254 g/mol. The van der Waals surface area contributed by atoms with Gasteiger partial charge in [0.1, 0.15) is 5.82 Å². The van der Waals surface area contributed by atoms with Crippen LogP contribution in [0.15, 0.2) is 12.3 Å². The van der Waals surface area contributed by atoms with Crippen LogP contribution < -0.4 is 11.1 Å². The Morgan fingerprint density at radius 1 is 1.65 bits per heavy atom. The lowest BCUT2D eigenvalue weighted by atomic mass is 9.80. The third-order valence-corrected chi connectivity index (χ3v) is 3.65. The van der Waals surface area contributed by atoms with Crippen molar-refractivity contribution in [3.63, 3.8) is 0 Å². The first-order valence-corrected chi connectivity index (χ1v) is 6.17. The molecule has 1 saturated carbocycles. The number of nitrogens with zero attached hydrogens (tertiary/aromatic N) is 1. The molecule has 0 bridgehead atoms. The van der Waals surface area contributed by atoms with E-state index in [0.717, 1.165) is 0 Å². The quantitative estimate of drug-likeness (QED) is 0.868. The second kappa shape index (κ2) is 4.92. The van der Waals surface area contributed by atoms with Gasteiger partial charge >= 0.3 is 0 Å². The number of amides is 1. The third-order valence-electron chi connectivity index (χ3n) is 3.35. The van der Waals surface area contributed by atoms with Crippen molar-refractivity contribution < 1.29 is 4.79 Å². The van der Waals surface area contributed by atoms with Crippen LogP contribution in [0.25, 0.3) is 0 Å². The van der Waals surface area contributed by atoms with Gasteiger partial charge in [-0.2, -0.15) is 0 Å². The summed E-state index contributed by atoms with van der Waals surface area (Å²) in [7, 11) is 0. The smallest absolute Gasteiger partial charge is 0.253 e. The lowest BCUT2D eigenvalue weighted by Gasteiger charge is -2.31. The fourth-order valence-electron chi connectivity index (χ4n) is 1.92. The van der Waals surface area contributed by atoms with Crippen LogP contribution in [0.1, 0.15) is 36.5 Å². The van der Waals surface area contributed by atoms with Crippen LogP contribution in [0.5, 0.6) is 0 Å². The molecule has 1 fully saturated rings. The number of carbonyl (C=O) groups is 1. The molecule has 3 N–H and O–H groups in total. The number of hydrogen-bond donors (Lipinski definition) is 2. The molecule has 1 aromatic heterocycles. The summed E-state index contributed by atoms with van der Waals surface area (Å²) in [6, 6.07) is 1.75. The molecular formula is C12H16ClN3O. The maximum absolute atomic E-state index is 11.9.